The van der Waals surface area contributed by atoms with E-state index in [9.17, 15) is 14.3 Å². The molecule has 33 heavy (non-hydrogen) atoms. The fraction of sp³-hybridized carbons (Fsp3) is 0.417. The molecule has 1 aliphatic rings. The number of piperidine rings is 1. The van der Waals surface area contributed by atoms with Crippen LogP contribution < -0.4 is 9.47 Å². The minimum Gasteiger partial charge on any atom is -0.495 e. The molecule has 0 unspecified atom stereocenters. The van der Waals surface area contributed by atoms with Gasteiger partial charge in [0.05, 0.1) is 35.6 Å². The number of methoxy groups -OCH3 is 1. The lowest BCUT2D eigenvalue weighted by Gasteiger charge is -2.36. The van der Waals surface area contributed by atoms with Crippen molar-refractivity contribution in [1.29, 1.82) is 0 Å². The van der Waals surface area contributed by atoms with Gasteiger partial charge in [0, 0.05) is 24.2 Å². The number of fused-ring (bicyclic) bond motifs is 1. The number of carbonyl (C=O) groups is 1. The number of aromatic nitrogens is 1. The number of benzene rings is 1. The molecule has 1 aromatic carbocycles. The molecule has 0 saturated carbocycles. The Bertz CT molecular complexity index is 1080. The highest BCUT2D eigenvalue weighted by molar-refractivity contribution is 8.01. The number of pyridine rings is 1. The van der Waals surface area contributed by atoms with Gasteiger partial charge in [-0.2, -0.15) is 0 Å². The Kier molecular flexibility index (Phi) is 8.06. The Morgan fingerprint density at radius 1 is 1.39 bits per heavy atom. The molecule has 0 amide bonds. The van der Waals surface area contributed by atoms with Crippen molar-refractivity contribution in [3.63, 3.8) is 0 Å². The summed E-state index contributed by atoms with van der Waals surface area (Å²) in [5.41, 5.74) is 0.615. The number of halogens is 1. The van der Waals surface area contributed by atoms with Crippen LogP contribution in [0.3, 0.4) is 0 Å². The van der Waals surface area contributed by atoms with Crippen molar-refractivity contribution < 1.29 is 23.8 Å². The van der Waals surface area contributed by atoms with E-state index in [0.29, 0.717) is 29.6 Å². The zero-order chi connectivity index (χ0) is 23.2. The van der Waals surface area contributed by atoms with Gasteiger partial charge in [-0.15, -0.1) is 23.1 Å². The smallest absolute Gasteiger partial charge is 0.308 e. The van der Waals surface area contributed by atoms with Crippen LogP contribution in [-0.4, -0.2) is 60.1 Å². The number of aliphatic carboxylic acids is 1. The van der Waals surface area contributed by atoms with E-state index in [1.54, 1.807) is 29.7 Å². The van der Waals surface area contributed by atoms with Crippen LogP contribution in [0.1, 0.15) is 12.8 Å². The maximum Gasteiger partial charge on any atom is 0.308 e. The molecular weight excluding hydrogens is 463 g/mol. The number of rotatable bonds is 10. The Morgan fingerprint density at radius 3 is 3.03 bits per heavy atom. The van der Waals surface area contributed by atoms with Crippen molar-refractivity contribution in [2.45, 2.75) is 17.1 Å². The molecule has 3 heterocycles. The van der Waals surface area contributed by atoms with Crippen LogP contribution in [-0.2, 0) is 4.79 Å². The van der Waals surface area contributed by atoms with Crippen LogP contribution in [0.4, 0.5) is 4.39 Å². The maximum absolute atomic E-state index is 14.5. The van der Waals surface area contributed by atoms with Gasteiger partial charge in [0.1, 0.15) is 5.75 Å². The van der Waals surface area contributed by atoms with E-state index in [4.69, 9.17) is 9.47 Å². The summed E-state index contributed by atoms with van der Waals surface area (Å²) in [4.78, 5) is 18.5. The molecule has 0 radical (unpaired) electrons. The number of thiophene rings is 1. The first-order valence-corrected chi connectivity index (χ1v) is 12.8. The van der Waals surface area contributed by atoms with Gasteiger partial charge < -0.3 is 19.5 Å². The molecule has 0 spiro atoms. The number of carboxylic acid groups (broad SMARTS) is 1. The third-order valence-corrected chi connectivity index (χ3v) is 8.13. The van der Waals surface area contributed by atoms with Crippen molar-refractivity contribution >= 4 is 40.0 Å². The second kappa shape index (κ2) is 11.2. The summed E-state index contributed by atoms with van der Waals surface area (Å²) in [5, 5.41) is 12.4. The highest BCUT2D eigenvalue weighted by Crippen LogP contribution is 2.32. The van der Waals surface area contributed by atoms with Gasteiger partial charge in [-0.3, -0.25) is 9.78 Å². The van der Waals surface area contributed by atoms with Crippen LogP contribution in [0.5, 0.6) is 11.5 Å². The quantitative estimate of drug-likeness (QED) is 0.400. The highest BCUT2D eigenvalue weighted by Gasteiger charge is 2.34. The Balaban J connectivity index is 1.33. The molecule has 4 rings (SSSR count). The molecule has 6 nitrogen and oxygen atoms in total. The minimum absolute atomic E-state index is 0.00519. The number of hydrogen-bond acceptors (Lipinski definition) is 7. The standard InChI is InChI=1S/C24H27FN2O4S2/c1-30-17-13-18-21(26-14-17)5-4-20(25)23(18)31-10-7-16-6-8-27(15-19(16)24(28)29)9-12-33-22-3-2-11-32-22/h2-5,11,13-14,16,19H,6-10,12,15H2,1H3,(H,28,29)/t16-,19-/m0/s1. The van der Waals surface area contributed by atoms with Gasteiger partial charge in [-0.1, -0.05) is 6.07 Å². The van der Waals surface area contributed by atoms with Crippen molar-refractivity contribution in [1.82, 2.24) is 9.88 Å². The molecule has 0 bridgehead atoms. The van der Waals surface area contributed by atoms with Crippen LogP contribution in [0.25, 0.3) is 10.9 Å². The van der Waals surface area contributed by atoms with Gasteiger partial charge in [-0.05, 0) is 54.9 Å². The second-order valence-corrected chi connectivity index (χ2v) is 10.4. The van der Waals surface area contributed by atoms with E-state index in [0.717, 1.165) is 25.3 Å². The van der Waals surface area contributed by atoms with Crippen molar-refractivity contribution in [2.75, 3.05) is 39.1 Å². The molecule has 0 aliphatic carbocycles. The fourth-order valence-electron chi connectivity index (χ4n) is 4.22. The maximum atomic E-state index is 14.5. The zero-order valence-corrected chi connectivity index (χ0v) is 20.0. The van der Waals surface area contributed by atoms with Crippen LogP contribution in [0.2, 0.25) is 0 Å². The summed E-state index contributed by atoms with van der Waals surface area (Å²) >= 11 is 3.53. The first kappa shape index (κ1) is 23.8. The van der Waals surface area contributed by atoms with Crippen LogP contribution >= 0.6 is 23.1 Å². The predicted molar refractivity (Wildman–Crippen MR) is 129 cm³/mol. The minimum atomic E-state index is -0.777. The summed E-state index contributed by atoms with van der Waals surface area (Å²) in [6, 6.07) is 8.78. The van der Waals surface area contributed by atoms with Crippen LogP contribution in [0, 0.1) is 17.7 Å². The van der Waals surface area contributed by atoms with Gasteiger partial charge >= 0.3 is 5.97 Å². The Hall–Kier alpha value is -2.36. The number of carboxylic acids is 1. The third kappa shape index (κ3) is 5.96. The second-order valence-electron chi connectivity index (χ2n) is 8.03. The molecule has 1 saturated heterocycles. The topological polar surface area (TPSA) is 71.9 Å². The largest absolute Gasteiger partial charge is 0.495 e. The van der Waals surface area contributed by atoms with Crippen molar-refractivity contribution in [3.8, 4) is 11.5 Å². The summed E-state index contributed by atoms with van der Waals surface area (Å²) in [6.07, 6.45) is 2.92. The van der Waals surface area contributed by atoms with Gasteiger partial charge in [0.2, 0.25) is 0 Å². The molecular formula is C24H27FN2O4S2. The molecule has 176 valence electrons. The third-order valence-electron chi connectivity index (χ3n) is 6.02. The Morgan fingerprint density at radius 2 is 2.27 bits per heavy atom. The molecule has 1 fully saturated rings. The lowest BCUT2D eigenvalue weighted by molar-refractivity contribution is -0.146. The van der Waals surface area contributed by atoms with Crippen molar-refractivity contribution in [2.24, 2.45) is 11.8 Å². The summed E-state index contributed by atoms with van der Waals surface area (Å²) in [7, 11) is 1.53. The molecule has 3 aromatic rings. The van der Waals surface area contributed by atoms with E-state index in [2.05, 4.69) is 21.3 Å². The normalized spacial score (nSPS) is 19.0. The van der Waals surface area contributed by atoms with E-state index in [1.807, 2.05) is 17.8 Å². The number of thioether (sulfide) groups is 1. The summed E-state index contributed by atoms with van der Waals surface area (Å²) in [6.45, 7) is 2.51. The average molecular weight is 491 g/mol. The zero-order valence-electron chi connectivity index (χ0n) is 18.4. The number of ether oxygens (including phenoxy) is 2. The first-order chi connectivity index (χ1) is 16.0. The van der Waals surface area contributed by atoms with Crippen LogP contribution in [0.15, 0.2) is 46.1 Å². The lowest BCUT2D eigenvalue weighted by Crippen LogP contribution is -2.45. The van der Waals surface area contributed by atoms with Gasteiger partial charge in [0.15, 0.2) is 11.6 Å². The summed E-state index contributed by atoms with van der Waals surface area (Å²) in [5.74, 6) is -0.102. The average Bonchev–Trinajstić information content (AvgIpc) is 3.34. The number of hydrogen-bond donors (Lipinski definition) is 1. The lowest BCUT2D eigenvalue weighted by atomic mass is 9.83. The Labute approximate surface area is 200 Å². The van der Waals surface area contributed by atoms with Gasteiger partial charge in [0.25, 0.3) is 0 Å². The predicted octanol–water partition coefficient (Wildman–Crippen LogP) is 5.03. The van der Waals surface area contributed by atoms with Gasteiger partial charge in [-0.25, -0.2) is 4.39 Å². The van der Waals surface area contributed by atoms with Crippen molar-refractivity contribution in [3.05, 3.63) is 47.7 Å². The molecule has 2 atom stereocenters. The number of likely N-dealkylation sites (tertiary alicyclic amines) is 1. The SMILES string of the molecule is COc1cnc2ccc(F)c(OCC[C@@H]3CCN(CCSc4cccs4)C[C@@H]3C(=O)O)c2c1. The highest BCUT2D eigenvalue weighted by atomic mass is 32.2. The number of nitrogens with zero attached hydrogens (tertiary/aromatic N) is 2. The monoisotopic (exact) mass is 490 g/mol. The van der Waals surface area contributed by atoms with E-state index < -0.39 is 17.7 Å². The molecule has 9 heteroatoms. The van der Waals surface area contributed by atoms with E-state index in [1.165, 1.54) is 17.4 Å². The fourth-order valence-corrected chi connectivity index (χ4v) is 6.08. The van der Waals surface area contributed by atoms with E-state index >= 15 is 0 Å². The molecule has 1 N–H and O–H groups in total. The molecule has 1 aliphatic heterocycles. The molecule has 2 aromatic heterocycles. The first-order valence-electron chi connectivity index (χ1n) is 10.9. The summed E-state index contributed by atoms with van der Waals surface area (Å²) < 4.78 is 26.8. The van der Waals surface area contributed by atoms with E-state index in [-0.39, 0.29) is 18.3 Å².